The lowest BCUT2D eigenvalue weighted by atomic mass is 10.6. The van der Waals surface area contributed by atoms with Crippen molar-refractivity contribution in [1.29, 1.82) is 0 Å². The van der Waals surface area contributed by atoms with Gasteiger partial charge in [-0.05, 0) is 5.12 Å². The molecule has 0 fully saturated rings. The van der Waals surface area contributed by atoms with Crippen LogP contribution in [0.5, 0.6) is 0 Å². The summed E-state index contributed by atoms with van der Waals surface area (Å²) >= 11 is 0. The first kappa shape index (κ1) is 15.4. The molecule has 0 saturated carbocycles. The van der Waals surface area contributed by atoms with Crippen LogP contribution in [0.4, 0.5) is 30.8 Å². The third-order valence-corrected chi connectivity index (χ3v) is 1.60. The molecule has 10 heteroatoms. The van der Waals surface area contributed by atoms with Gasteiger partial charge in [-0.15, -0.1) is 4.48 Å². The Morgan fingerprint density at radius 3 is 1.38 bits per heavy atom. The number of hydrogen-bond acceptors (Lipinski definition) is 3. The van der Waals surface area contributed by atoms with E-state index in [1.165, 1.54) is 13.8 Å². The maximum Gasteiger partial charge on any atom is 0.503 e. The first-order valence-corrected chi connectivity index (χ1v) is 4.20. The van der Waals surface area contributed by atoms with Crippen LogP contribution in [-0.4, -0.2) is 41.0 Å². The van der Waals surface area contributed by atoms with Crippen molar-refractivity contribution in [1.82, 2.24) is 15.4 Å². The standard InChI is InChI=1S/C6H10F7N3/c1-3-14(4-2)16(6(10,11)12)15(13)5(7,8)9/h3-4H2,1-2H3. The smallest absolute Gasteiger partial charge is 0.218 e. The molecule has 0 aromatic heterocycles. The summed E-state index contributed by atoms with van der Waals surface area (Å²) in [6.07, 6.45) is -11.2. The Balaban J connectivity index is 5.10. The lowest BCUT2D eigenvalue weighted by Crippen LogP contribution is -2.60. The van der Waals surface area contributed by atoms with E-state index in [9.17, 15) is 30.8 Å². The highest BCUT2D eigenvalue weighted by Gasteiger charge is 2.55. The van der Waals surface area contributed by atoms with Gasteiger partial charge in [-0.3, -0.25) is 0 Å². The van der Waals surface area contributed by atoms with Crippen molar-refractivity contribution in [2.24, 2.45) is 0 Å². The Morgan fingerprint density at radius 1 is 0.812 bits per heavy atom. The molecular weight excluding hydrogens is 247 g/mol. The van der Waals surface area contributed by atoms with E-state index >= 15 is 0 Å². The number of alkyl halides is 6. The lowest BCUT2D eigenvalue weighted by Gasteiger charge is -2.36. The van der Waals surface area contributed by atoms with E-state index in [0.717, 1.165) is 0 Å². The van der Waals surface area contributed by atoms with Crippen molar-refractivity contribution >= 4 is 0 Å². The first-order valence-electron chi connectivity index (χ1n) is 4.20. The second kappa shape index (κ2) is 5.15. The van der Waals surface area contributed by atoms with Crippen molar-refractivity contribution in [2.75, 3.05) is 13.1 Å². The molecule has 16 heavy (non-hydrogen) atoms. The SMILES string of the molecule is CCN(CC)N(N(F)C(F)(F)F)C(F)(F)F. The fourth-order valence-corrected chi connectivity index (χ4v) is 0.970. The summed E-state index contributed by atoms with van der Waals surface area (Å²) in [4.78, 5) is 0. The molecule has 0 unspecified atom stereocenters. The molecule has 3 nitrogen and oxygen atoms in total. The Labute approximate surface area is 86.9 Å². The van der Waals surface area contributed by atoms with Gasteiger partial charge in [-0.25, -0.2) is 5.01 Å². The second-order valence-corrected chi connectivity index (χ2v) is 2.62. The zero-order valence-corrected chi connectivity index (χ0v) is 8.40. The largest absolute Gasteiger partial charge is 0.503 e. The van der Waals surface area contributed by atoms with Crippen LogP contribution in [0.25, 0.3) is 0 Å². The average Bonchev–Trinajstić information content (AvgIpc) is 2.09. The van der Waals surface area contributed by atoms with Gasteiger partial charge in [0.15, 0.2) is 0 Å². The van der Waals surface area contributed by atoms with Gasteiger partial charge in [0, 0.05) is 18.3 Å². The third kappa shape index (κ3) is 3.76. The quantitative estimate of drug-likeness (QED) is 0.332. The number of hydrazine groups is 2. The number of halogens is 7. The maximum atomic E-state index is 12.6. The van der Waals surface area contributed by atoms with Crippen LogP contribution in [0.2, 0.25) is 0 Å². The predicted molar refractivity (Wildman–Crippen MR) is 39.8 cm³/mol. The lowest BCUT2D eigenvalue weighted by molar-refractivity contribution is -0.501. The van der Waals surface area contributed by atoms with Crippen LogP contribution in [0.1, 0.15) is 13.8 Å². The van der Waals surface area contributed by atoms with Crippen molar-refractivity contribution in [2.45, 2.75) is 26.4 Å². The minimum atomic E-state index is -5.75. The zero-order chi connectivity index (χ0) is 13.1. The highest BCUT2D eigenvalue weighted by atomic mass is 19.4. The highest BCUT2D eigenvalue weighted by molar-refractivity contribution is 4.55. The van der Waals surface area contributed by atoms with Crippen LogP contribution in [0.15, 0.2) is 0 Å². The molecule has 0 saturated heterocycles. The average molecular weight is 257 g/mol. The van der Waals surface area contributed by atoms with E-state index < -0.39 is 36.0 Å². The molecular formula is C6H10F7N3. The summed E-state index contributed by atoms with van der Waals surface area (Å²) in [6, 6.07) is 0. The monoisotopic (exact) mass is 257 g/mol. The van der Waals surface area contributed by atoms with Crippen LogP contribution in [0, 0.1) is 0 Å². The van der Waals surface area contributed by atoms with Gasteiger partial charge in [-0.1, -0.05) is 13.8 Å². The van der Waals surface area contributed by atoms with Gasteiger partial charge in [0.25, 0.3) is 0 Å². The Hall–Kier alpha value is -0.610. The Bertz CT molecular complexity index is 209. The van der Waals surface area contributed by atoms with Crippen LogP contribution in [-0.2, 0) is 0 Å². The molecule has 0 atom stereocenters. The molecule has 0 aliphatic carbocycles. The number of rotatable bonds is 4. The molecule has 98 valence electrons. The highest BCUT2D eigenvalue weighted by Crippen LogP contribution is 2.32. The van der Waals surface area contributed by atoms with Gasteiger partial charge in [0.2, 0.25) is 0 Å². The molecule has 0 radical (unpaired) electrons. The van der Waals surface area contributed by atoms with Crippen molar-refractivity contribution < 1.29 is 30.8 Å². The van der Waals surface area contributed by atoms with Crippen molar-refractivity contribution in [3.8, 4) is 0 Å². The van der Waals surface area contributed by atoms with Gasteiger partial charge in [-0.2, -0.15) is 26.3 Å². The van der Waals surface area contributed by atoms with E-state index in [1.807, 2.05) is 0 Å². The molecule has 0 heterocycles. The molecule has 0 spiro atoms. The van der Waals surface area contributed by atoms with E-state index in [1.54, 1.807) is 0 Å². The van der Waals surface area contributed by atoms with Gasteiger partial charge in [0.05, 0.1) is 0 Å². The van der Waals surface area contributed by atoms with Crippen LogP contribution in [0.3, 0.4) is 0 Å². The summed E-state index contributed by atoms with van der Waals surface area (Å²) < 4.78 is 84.8. The fraction of sp³-hybridized carbons (Fsp3) is 1.00. The van der Waals surface area contributed by atoms with Crippen molar-refractivity contribution in [3.63, 3.8) is 0 Å². The van der Waals surface area contributed by atoms with Gasteiger partial charge in [0.1, 0.15) is 0 Å². The summed E-state index contributed by atoms with van der Waals surface area (Å²) in [5.41, 5.74) is 0. The minimum absolute atomic E-state index is 0.160. The van der Waals surface area contributed by atoms with E-state index in [2.05, 4.69) is 0 Å². The molecule has 0 N–H and O–H groups in total. The second-order valence-electron chi connectivity index (χ2n) is 2.62. The minimum Gasteiger partial charge on any atom is -0.218 e. The van der Waals surface area contributed by atoms with E-state index in [4.69, 9.17) is 0 Å². The number of hydrogen-bond donors (Lipinski definition) is 0. The summed E-state index contributed by atoms with van der Waals surface area (Å²) in [5.74, 6) is 0. The fourth-order valence-electron chi connectivity index (χ4n) is 0.970. The van der Waals surface area contributed by atoms with Crippen LogP contribution >= 0.6 is 0 Å². The van der Waals surface area contributed by atoms with Crippen molar-refractivity contribution in [3.05, 3.63) is 0 Å². The predicted octanol–water partition coefficient (Wildman–Crippen LogP) is 2.69. The summed E-state index contributed by atoms with van der Waals surface area (Å²) in [7, 11) is 0. The molecule has 0 rings (SSSR count). The zero-order valence-electron chi connectivity index (χ0n) is 8.40. The molecule has 0 aromatic rings. The molecule has 0 aromatic carbocycles. The Morgan fingerprint density at radius 2 is 1.19 bits per heavy atom. The normalized spacial score (nSPS) is 14.2. The molecule has 0 aliphatic rings. The van der Waals surface area contributed by atoms with Gasteiger partial charge >= 0.3 is 12.6 Å². The van der Waals surface area contributed by atoms with Gasteiger partial charge < -0.3 is 0 Å². The summed E-state index contributed by atoms with van der Waals surface area (Å²) in [6.45, 7) is 1.50. The van der Waals surface area contributed by atoms with E-state index in [0.29, 0.717) is 0 Å². The maximum absolute atomic E-state index is 12.6. The Kier molecular flexibility index (Phi) is 4.95. The topological polar surface area (TPSA) is 9.72 Å². The third-order valence-electron chi connectivity index (χ3n) is 1.60. The first-order chi connectivity index (χ1) is 7.05. The molecule has 0 aliphatic heterocycles. The molecule has 0 bridgehead atoms. The molecule has 0 amide bonds. The van der Waals surface area contributed by atoms with Crippen LogP contribution < -0.4 is 0 Å². The number of nitrogens with zero attached hydrogens (tertiary/aromatic N) is 3. The summed E-state index contributed by atoms with van der Waals surface area (Å²) in [5, 5.41) is -3.54. The van der Waals surface area contributed by atoms with E-state index in [-0.39, 0.29) is 5.01 Å².